The molecule has 0 aromatic heterocycles. The Kier molecular flexibility index (Phi) is 6.71. The first-order chi connectivity index (χ1) is 13.2. The highest BCUT2D eigenvalue weighted by Crippen LogP contribution is 2.25. The van der Waals surface area contributed by atoms with Gasteiger partial charge in [0.05, 0.1) is 11.5 Å². The molecule has 0 saturated carbocycles. The molecule has 1 saturated heterocycles. The maximum Gasteiger partial charge on any atom is 0.247 e. The quantitative estimate of drug-likeness (QED) is 0.600. The molecule has 0 N–H and O–H groups in total. The van der Waals surface area contributed by atoms with E-state index in [-0.39, 0.29) is 30.0 Å². The number of rotatable bonds is 5. The lowest BCUT2D eigenvalue weighted by Crippen LogP contribution is -2.39. The molecule has 1 amide bonds. The van der Waals surface area contributed by atoms with E-state index < -0.39 is 9.84 Å². The lowest BCUT2D eigenvalue weighted by Gasteiger charge is -2.27. The van der Waals surface area contributed by atoms with Crippen molar-refractivity contribution >= 4 is 56.6 Å². The number of amides is 1. The van der Waals surface area contributed by atoms with Gasteiger partial charge >= 0.3 is 0 Å². The monoisotopic (exact) mass is 457 g/mol. The predicted molar refractivity (Wildman–Crippen MR) is 115 cm³/mol. The van der Waals surface area contributed by atoms with Gasteiger partial charge in [0, 0.05) is 33.7 Å². The Hall–Kier alpha value is -1.53. The lowest BCUT2D eigenvalue weighted by molar-refractivity contribution is -0.128. The molecule has 1 aliphatic rings. The summed E-state index contributed by atoms with van der Waals surface area (Å²) in [5, 5.41) is 1.47. The van der Waals surface area contributed by atoms with Gasteiger partial charge in [-0.2, -0.15) is 0 Å². The van der Waals surface area contributed by atoms with Crippen LogP contribution in [0.1, 0.15) is 17.5 Å². The van der Waals surface area contributed by atoms with Crippen molar-refractivity contribution in [2.75, 3.05) is 11.5 Å². The summed E-state index contributed by atoms with van der Waals surface area (Å²) in [6.07, 6.45) is 3.41. The number of benzene rings is 2. The molecule has 0 spiro atoms. The molecule has 3 rings (SSSR count). The smallest absolute Gasteiger partial charge is 0.247 e. The van der Waals surface area contributed by atoms with Crippen LogP contribution in [-0.2, 0) is 21.2 Å². The van der Waals surface area contributed by atoms with Crippen molar-refractivity contribution in [1.29, 1.82) is 0 Å². The second-order valence-electron chi connectivity index (χ2n) is 6.61. The summed E-state index contributed by atoms with van der Waals surface area (Å²) in [4.78, 5) is 14.5. The van der Waals surface area contributed by atoms with E-state index in [9.17, 15) is 13.2 Å². The Bertz CT molecular complexity index is 1020. The highest BCUT2D eigenvalue weighted by atomic mass is 35.5. The van der Waals surface area contributed by atoms with Crippen molar-refractivity contribution in [2.24, 2.45) is 0 Å². The molecule has 2 aromatic carbocycles. The van der Waals surface area contributed by atoms with E-state index >= 15 is 0 Å². The number of hydrogen-bond acceptors (Lipinski definition) is 3. The van der Waals surface area contributed by atoms with Gasteiger partial charge in [-0.25, -0.2) is 8.42 Å². The van der Waals surface area contributed by atoms with Gasteiger partial charge in [0.15, 0.2) is 9.84 Å². The van der Waals surface area contributed by atoms with Crippen LogP contribution in [-0.4, -0.2) is 36.8 Å². The third-order valence-electron chi connectivity index (χ3n) is 4.60. The zero-order valence-electron chi connectivity index (χ0n) is 14.8. The normalized spacial score (nSPS) is 18.5. The van der Waals surface area contributed by atoms with Gasteiger partial charge in [-0.15, -0.1) is 0 Å². The van der Waals surface area contributed by atoms with Gasteiger partial charge in [-0.1, -0.05) is 59.1 Å². The van der Waals surface area contributed by atoms with Crippen LogP contribution < -0.4 is 0 Å². The van der Waals surface area contributed by atoms with E-state index in [4.69, 9.17) is 34.8 Å². The summed E-state index contributed by atoms with van der Waals surface area (Å²) in [6.45, 7) is 0.234. The van der Waals surface area contributed by atoms with Gasteiger partial charge < -0.3 is 4.90 Å². The van der Waals surface area contributed by atoms with Crippen molar-refractivity contribution < 1.29 is 13.2 Å². The number of nitrogens with zero attached hydrogens (tertiary/aromatic N) is 1. The summed E-state index contributed by atoms with van der Waals surface area (Å²) in [5.41, 5.74) is 1.41. The SMILES string of the molecule is O=C(/C=C/c1ccc(Cl)cc1Cl)N(Cc1ccccc1Cl)C1CCS(=O)(=O)C1. The maximum absolute atomic E-state index is 12.9. The number of sulfone groups is 1. The van der Waals surface area contributed by atoms with Crippen LogP contribution in [0.15, 0.2) is 48.5 Å². The summed E-state index contributed by atoms with van der Waals surface area (Å²) < 4.78 is 23.9. The number of carbonyl (C=O) groups excluding carboxylic acids is 1. The summed E-state index contributed by atoms with van der Waals surface area (Å²) in [6, 6.07) is 11.8. The molecule has 0 bridgehead atoms. The molecule has 1 unspecified atom stereocenters. The van der Waals surface area contributed by atoms with Gasteiger partial charge in [-0.05, 0) is 41.8 Å². The molecule has 8 heteroatoms. The van der Waals surface area contributed by atoms with Crippen molar-refractivity contribution in [2.45, 2.75) is 19.0 Å². The van der Waals surface area contributed by atoms with Crippen molar-refractivity contribution in [3.63, 3.8) is 0 Å². The van der Waals surface area contributed by atoms with Crippen LogP contribution in [0, 0.1) is 0 Å². The Morgan fingerprint density at radius 3 is 2.50 bits per heavy atom. The maximum atomic E-state index is 12.9. The largest absolute Gasteiger partial charge is 0.331 e. The molecular formula is C20H18Cl3NO3S. The van der Waals surface area contributed by atoms with E-state index in [1.54, 1.807) is 41.3 Å². The van der Waals surface area contributed by atoms with Gasteiger partial charge in [0.1, 0.15) is 0 Å². The van der Waals surface area contributed by atoms with E-state index in [2.05, 4.69) is 0 Å². The molecule has 0 aliphatic carbocycles. The highest BCUT2D eigenvalue weighted by molar-refractivity contribution is 7.91. The lowest BCUT2D eigenvalue weighted by atomic mass is 10.1. The van der Waals surface area contributed by atoms with Crippen molar-refractivity contribution in [3.05, 3.63) is 74.7 Å². The average molecular weight is 459 g/mol. The van der Waals surface area contributed by atoms with Crippen LogP contribution in [0.2, 0.25) is 15.1 Å². The summed E-state index contributed by atoms with van der Waals surface area (Å²) >= 11 is 18.3. The van der Waals surface area contributed by atoms with E-state index in [1.807, 2.05) is 12.1 Å². The molecule has 28 heavy (non-hydrogen) atoms. The number of hydrogen-bond donors (Lipinski definition) is 0. The highest BCUT2D eigenvalue weighted by Gasteiger charge is 2.34. The van der Waals surface area contributed by atoms with Crippen LogP contribution in [0.5, 0.6) is 0 Å². The van der Waals surface area contributed by atoms with Crippen LogP contribution in [0.3, 0.4) is 0 Å². The standard InChI is InChI=1S/C20H18Cl3NO3S/c21-16-7-5-14(19(23)11-16)6-8-20(25)24(17-9-10-28(26,27)13-17)12-15-3-1-2-4-18(15)22/h1-8,11,17H,9-10,12-13H2/b8-6+. The second-order valence-corrected chi connectivity index (χ2v) is 10.1. The molecule has 0 radical (unpaired) electrons. The van der Waals surface area contributed by atoms with Crippen LogP contribution >= 0.6 is 34.8 Å². The summed E-state index contributed by atoms with van der Waals surface area (Å²) in [7, 11) is -3.14. The van der Waals surface area contributed by atoms with Crippen LogP contribution in [0.4, 0.5) is 0 Å². The topological polar surface area (TPSA) is 54.5 Å². The zero-order valence-corrected chi connectivity index (χ0v) is 17.9. The predicted octanol–water partition coefficient (Wildman–Crippen LogP) is 4.88. The minimum absolute atomic E-state index is 0.0429. The fourth-order valence-electron chi connectivity index (χ4n) is 3.11. The minimum atomic E-state index is -3.14. The zero-order chi connectivity index (χ0) is 20.3. The fraction of sp³-hybridized carbons (Fsp3) is 0.250. The Morgan fingerprint density at radius 1 is 1.11 bits per heavy atom. The molecule has 1 aliphatic heterocycles. The van der Waals surface area contributed by atoms with Gasteiger partial charge in [-0.3, -0.25) is 4.79 Å². The second kappa shape index (κ2) is 8.87. The van der Waals surface area contributed by atoms with E-state index in [0.717, 1.165) is 5.56 Å². The molecule has 1 atom stereocenters. The van der Waals surface area contributed by atoms with Gasteiger partial charge in [0.2, 0.25) is 5.91 Å². The Morgan fingerprint density at radius 2 is 1.86 bits per heavy atom. The molecule has 2 aromatic rings. The number of carbonyl (C=O) groups is 1. The molecule has 4 nitrogen and oxygen atoms in total. The fourth-order valence-corrected chi connectivity index (χ4v) is 5.51. The molecular weight excluding hydrogens is 441 g/mol. The Labute approximate surface area is 179 Å². The third-order valence-corrected chi connectivity index (χ3v) is 7.28. The van der Waals surface area contributed by atoms with E-state index in [0.29, 0.717) is 27.1 Å². The van der Waals surface area contributed by atoms with Crippen molar-refractivity contribution in [1.82, 2.24) is 4.90 Å². The average Bonchev–Trinajstić information content (AvgIpc) is 2.99. The van der Waals surface area contributed by atoms with Crippen molar-refractivity contribution in [3.8, 4) is 0 Å². The van der Waals surface area contributed by atoms with E-state index in [1.165, 1.54) is 6.08 Å². The Balaban J connectivity index is 1.86. The molecule has 1 heterocycles. The first-order valence-electron chi connectivity index (χ1n) is 8.63. The first-order valence-corrected chi connectivity index (χ1v) is 11.6. The molecule has 1 fully saturated rings. The summed E-state index contributed by atoms with van der Waals surface area (Å²) in [5.74, 6) is -0.261. The first kappa shape index (κ1) is 21.2. The van der Waals surface area contributed by atoms with Crippen LogP contribution in [0.25, 0.3) is 6.08 Å². The minimum Gasteiger partial charge on any atom is -0.331 e. The third kappa shape index (κ3) is 5.29. The molecule has 148 valence electrons. The number of halogens is 3. The van der Waals surface area contributed by atoms with Gasteiger partial charge in [0.25, 0.3) is 0 Å².